The maximum Gasteiger partial charge on any atom is 0.389 e. The maximum atomic E-state index is 12.8. The summed E-state index contributed by atoms with van der Waals surface area (Å²) in [4.78, 5) is 0. The Bertz CT molecular complexity index is 375. The summed E-state index contributed by atoms with van der Waals surface area (Å²) in [5.74, 6) is -2.11. The average Bonchev–Trinajstić information content (AvgIpc) is 2.20. The van der Waals surface area contributed by atoms with Gasteiger partial charge in [0.1, 0.15) is 0 Å². The molecule has 0 aromatic heterocycles. The average molecular weight is 254 g/mol. The number of aliphatic hydroxyl groups excluding tert-OH is 1. The predicted octanol–water partition coefficient (Wildman–Crippen LogP) is 3.21. The highest BCUT2D eigenvalue weighted by Gasteiger charge is 2.27. The number of benzene rings is 1. The summed E-state index contributed by atoms with van der Waals surface area (Å²) < 4.78 is 60.9. The number of rotatable bonds is 4. The van der Waals surface area contributed by atoms with Crippen LogP contribution in [0.5, 0.6) is 0 Å². The SMILES string of the molecule is OC(CCC(F)(F)F)Cc1ccc(F)c(F)c1. The Kier molecular flexibility index (Phi) is 4.45. The third-order valence-electron chi connectivity index (χ3n) is 2.22. The molecular weight excluding hydrogens is 243 g/mol. The van der Waals surface area contributed by atoms with Gasteiger partial charge in [0.25, 0.3) is 0 Å². The fourth-order valence-corrected chi connectivity index (χ4v) is 1.37. The minimum absolute atomic E-state index is 0.132. The van der Waals surface area contributed by atoms with Crippen molar-refractivity contribution in [2.75, 3.05) is 0 Å². The molecule has 0 heterocycles. The summed E-state index contributed by atoms with van der Waals surface area (Å²) in [6, 6.07) is 2.97. The minimum Gasteiger partial charge on any atom is -0.393 e. The quantitative estimate of drug-likeness (QED) is 0.818. The lowest BCUT2D eigenvalue weighted by Gasteiger charge is -2.12. The summed E-state index contributed by atoms with van der Waals surface area (Å²) >= 11 is 0. The molecule has 17 heavy (non-hydrogen) atoms. The smallest absolute Gasteiger partial charge is 0.389 e. The highest BCUT2D eigenvalue weighted by Crippen LogP contribution is 2.23. The molecule has 0 radical (unpaired) electrons. The molecule has 1 aromatic carbocycles. The van der Waals surface area contributed by atoms with E-state index in [1.165, 1.54) is 6.07 Å². The van der Waals surface area contributed by atoms with Crippen molar-refractivity contribution in [3.05, 3.63) is 35.4 Å². The number of halogens is 5. The van der Waals surface area contributed by atoms with Gasteiger partial charge in [-0.1, -0.05) is 6.07 Å². The lowest BCUT2D eigenvalue weighted by molar-refractivity contribution is -0.139. The second kappa shape index (κ2) is 5.44. The molecule has 0 aliphatic heterocycles. The molecule has 0 saturated heterocycles. The lowest BCUT2D eigenvalue weighted by Crippen LogP contribution is -2.16. The Morgan fingerprint density at radius 3 is 2.29 bits per heavy atom. The molecule has 96 valence electrons. The first-order chi connectivity index (χ1) is 7.78. The van der Waals surface area contributed by atoms with Crippen LogP contribution in [-0.2, 0) is 6.42 Å². The number of hydrogen-bond donors (Lipinski definition) is 1. The molecule has 0 saturated carbocycles. The van der Waals surface area contributed by atoms with Crippen LogP contribution in [0.3, 0.4) is 0 Å². The van der Waals surface area contributed by atoms with Crippen molar-refractivity contribution < 1.29 is 27.1 Å². The molecule has 6 heteroatoms. The van der Waals surface area contributed by atoms with Gasteiger partial charge in [0, 0.05) is 6.42 Å². The summed E-state index contributed by atoms with van der Waals surface area (Å²) in [6.07, 6.45) is -7.23. The Labute approximate surface area is 94.9 Å². The van der Waals surface area contributed by atoms with Crippen molar-refractivity contribution in [1.82, 2.24) is 0 Å². The second-order valence-corrected chi connectivity index (χ2v) is 3.76. The van der Waals surface area contributed by atoms with E-state index in [1.807, 2.05) is 0 Å². The van der Waals surface area contributed by atoms with Crippen LogP contribution in [0.1, 0.15) is 18.4 Å². The first-order valence-electron chi connectivity index (χ1n) is 4.96. The second-order valence-electron chi connectivity index (χ2n) is 3.76. The monoisotopic (exact) mass is 254 g/mol. The van der Waals surface area contributed by atoms with Gasteiger partial charge >= 0.3 is 6.18 Å². The Hall–Kier alpha value is -1.17. The van der Waals surface area contributed by atoms with Crippen LogP contribution < -0.4 is 0 Å². The zero-order valence-corrected chi connectivity index (χ0v) is 8.77. The predicted molar refractivity (Wildman–Crippen MR) is 51.4 cm³/mol. The largest absolute Gasteiger partial charge is 0.393 e. The van der Waals surface area contributed by atoms with Gasteiger partial charge in [0.2, 0.25) is 0 Å². The van der Waals surface area contributed by atoms with Crippen LogP contribution in [0, 0.1) is 11.6 Å². The number of aliphatic hydroxyl groups is 1. The Morgan fingerprint density at radius 1 is 1.12 bits per heavy atom. The first-order valence-corrected chi connectivity index (χ1v) is 4.96. The normalized spacial score (nSPS) is 13.8. The third kappa shape index (κ3) is 5.12. The van der Waals surface area contributed by atoms with Gasteiger partial charge < -0.3 is 5.11 Å². The first kappa shape index (κ1) is 13.9. The molecule has 0 aliphatic carbocycles. The van der Waals surface area contributed by atoms with Crippen LogP contribution in [0.25, 0.3) is 0 Å². The Morgan fingerprint density at radius 2 is 1.76 bits per heavy atom. The molecule has 0 spiro atoms. The van der Waals surface area contributed by atoms with Crippen molar-refractivity contribution in [2.24, 2.45) is 0 Å². The standard InChI is InChI=1S/C11H11F5O/c12-9-2-1-7(6-10(9)13)5-8(17)3-4-11(14,15)16/h1-2,6,8,17H,3-5H2. The van der Waals surface area contributed by atoms with Gasteiger partial charge in [-0.3, -0.25) is 0 Å². The Balaban J connectivity index is 2.50. The van der Waals surface area contributed by atoms with E-state index in [0.29, 0.717) is 0 Å². The van der Waals surface area contributed by atoms with Crippen molar-refractivity contribution in [3.8, 4) is 0 Å². The van der Waals surface area contributed by atoms with E-state index in [4.69, 9.17) is 0 Å². The van der Waals surface area contributed by atoms with Crippen LogP contribution >= 0.6 is 0 Å². The molecule has 1 N–H and O–H groups in total. The molecule has 0 amide bonds. The van der Waals surface area contributed by atoms with Crippen LogP contribution in [0.15, 0.2) is 18.2 Å². The zero-order chi connectivity index (χ0) is 13.1. The molecule has 0 bridgehead atoms. The molecule has 1 nitrogen and oxygen atoms in total. The maximum absolute atomic E-state index is 12.8. The van der Waals surface area contributed by atoms with Gasteiger partial charge in [-0.2, -0.15) is 13.2 Å². The van der Waals surface area contributed by atoms with E-state index in [-0.39, 0.29) is 12.0 Å². The summed E-state index contributed by atoms with van der Waals surface area (Å²) in [5, 5.41) is 9.31. The van der Waals surface area contributed by atoms with Crippen LogP contribution in [-0.4, -0.2) is 17.4 Å². The van der Waals surface area contributed by atoms with Crippen LogP contribution in [0.4, 0.5) is 22.0 Å². The lowest BCUT2D eigenvalue weighted by atomic mass is 10.0. The van der Waals surface area contributed by atoms with Gasteiger partial charge in [-0.25, -0.2) is 8.78 Å². The topological polar surface area (TPSA) is 20.2 Å². The van der Waals surface area contributed by atoms with Gasteiger partial charge in [0.15, 0.2) is 11.6 Å². The van der Waals surface area contributed by atoms with Crippen molar-refractivity contribution in [1.29, 1.82) is 0 Å². The van der Waals surface area contributed by atoms with Crippen molar-refractivity contribution in [2.45, 2.75) is 31.5 Å². The minimum atomic E-state index is -4.32. The summed E-state index contributed by atoms with van der Waals surface area (Å²) in [7, 11) is 0. The number of alkyl halides is 3. The van der Waals surface area contributed by atoms with E-state index < -0.39 is 36.8 Å². The van der Waals surface area contributed by atoms with E-state index in [9.17, 15) is 27.1 Å². The highest BCUT2D eigenvalue weighted by atomic mass is 19.4. The number of hydrogen-bond acceptors (Lipinski definition) is 1. The molecule has 0 fully saturated rings. The molecule has 1 atom stereocenters. The van der Waals surface area contributed by atoms with Crippen LogP contribution in [0.2, 0.25) is 0 Å². The van der Waals surface area contributed by atoms with Crippen molar-refractivity contribution in [3.63, 3.8) is 0 Å². The molecule has 1 unspecified atom stereocenters. The summed E-state index contributed by atoms with van der Waals surface area (Å²) in [5.41, 5.74) is 0.263. The summed E-state index contributed by atoms with van der Waals surface area (Å²) in [6.45, 7) is 0. The third-order valence-corrected chi connectivity index (χ3v) is 2.22. The van der Waals surface area contributed by atoms with E-state index >= 15 is 0 Å². The highest BCUT2D eigenvalue weighted by molar-refractivity contribution is 5.18. The van der Waals surface area contributed by atoms with E-state index in [2.05, 4.69) is 0 Å². The van der Waals surface area contributed by atoms with Gasteiger partial charge in [-0.15, -0.1) is 0 Å². The van der Waals surface area contributed by atoms with Gasteiger partial charge in [-0.05, 0) is 30.5 Å². The fraction of sp³-hybridized carbons (Fsp3) is 0.455. The van der Waals surface area contributed by atoms with Gasteiger partial charge in [0.05, 0.1) is 6.10 Å². The zero-order valence-electron chi connectivity index (χ0n) is 8.77. The molecular formula is C11H11F5O. The fourth-order valence-electron chi connectivity index (χ4n) is 1.37. The molecule has 1 rings (SSSR count). The van der Waals surface area contributed by atoms with E-state index in [0.717, 1.165) is 12.1 Å². The molecule has 0 aliphatic rings. The van der Waals surface area contributed by atoms with E-state index in [1.54, 1.807) is 0 Å². The molecule has 1 aromatic rings. The van der Waals surface area contributed by atoms with Crippen molar-refractivity contribution >= 4 is 0 Å².